The Morgan fingerprint density at radius 2 is 1.82 bits per heavy atom. The third kappa shape index (κ3) is 4.74. The summed E-state index contributed by atoms with van der Waals surface area (Å²) >= 11 is 0. The first-order valence-electron chi connectivity index (χ1n) is 8.45. The molecular weight excluding hydrogens is 380 g/mol. The summed E-state index contributed by atoms with van der Waals surface area (Å²) in [5.74, 6) is 0.344. The first-order chi connectivity index (χ1) is 13.2. The van der Waals surface area contributed by atoms with Crippen molar-refractivity contribution in [3.05, 3.63) is 65.5 Å². The number of aryl methyl sites for hydroxylation is 1. The summed E-state index contributed by atoms with van der Waals surface area (Å²) in [5, 5.41) is 3.95. The lowest BCUT2D eigenvalue weighted by Crippen LogP contribution is -2.27. The summed E-state index contributed by atoms with van der Waals surface area (Å²) in [6.45, 7) is 2.08. The van der Waals surface area contributed by atoms with E-state index < -0.39 is 10.0 Å². The molecule has 0 unspecified atom stereocenters. The fourth-order valence-electron chi connectivity index (χ4n) is 2.58. The fraction of sp³-hybridized carbons (Fsp3) is 0.211. The molecule has 1 aromatic heterocycles. The quantitative estimate of drug-likeness (QED) is 0.682. The van der Waals surface area contributed by atoms with Crippen LogP contribution in [0.25, 0.3) is 11.4 Å². The van der Waals surface area contributed by atoms with Crippen molar-refractivity contribution in [3.8, 4) is 11.4 Å². The highest BCUT2D eigenvalue weighted by atomic mass is 32.2. The number of sulfonamides is 1. The van der Waals surface area contributed by atoms with E-state index in [9.17, 15) is 13.2 Å². The van der Waals surface area contributed by atoms with Crippen molar-refractivity contribution in [1.29, 1.82) is 0 Å². The number of carbonyl (C=O) groups excluding carboxylic acids is 1. The molecule has 0 saturated carbocycles. The fourth-order valence-corrected chi connectivity index (χ4v) is 3.16. The van der Waals surface area contributed by atoms with Crippen molar-refractivity contribution in [1.82, 2.24) is 15.0 Å². The van der Waals surface area contributed by atoms with Gasteiger partial charge < -0.3 is 9.42 Å². The van der Waals surface area contributed by atoms with Crippen molar-refractivity contribution in [2.24, 2.45) is 0 Å². The second kappa shape index (κ2) is 7.81. The van der Waals surface area contributed by atoms with Gasteiger partial charge in [-0.1, -0.05) is 47.1 Å². The number of nitrogens with zero attached hydrogens (tertiary/aromatic N) is 3. The molecule has 0 fully saturated rings. The minimum atomic E-state index is -3.51. The van der Waals surface area contributed by atoms with Crippen LogP contribution in [0.5, 0.6) is 0 Å². The molecule has 28 heavy (non-hydrogen) atoms. The van der Waals surface area contributed by atoms with E-state index in [1.807, 2.05) is 31.2 Å². The van der Waals surface area contributed by atoms with E-state index in [4.69, 9.17) is 4.52 Å². The van der Waals surface area contributed by atoms with E-state index in [0.29, 0.717) is 5.82 Å². The molecule has 146 valence electrons. The summed E-state index contributed by atoms with van der Waals surface area (Å²) in [5.41, 5.74) is 2.39. The summed E-state index contributed by atoms with van der Waals surface area (Å²) in [6.07, 6.45) is 1.03. The number of carbonyl (C=O) groups is 1. The average molecular weight is 400 g/mol. The van der Waals surface area contributed by atoms with Crippen molar-refractivity contribution in [3.63, 3.8) is 0 Å². The number of anilines is 1. The zero-order valence-corrected chi connectivity index (χ0v) is 16.5. The van der Waals surface area contributed by atoms with Gasteiger partial charge in [0.1, 0.15) is 0 Å². The molecule has 0 radical (unpaired) electrons. The maximum Gasteiger partial charge on any atom is 0.256 e. The number of rotatable bonds is 6. The number of benzene rings is 2. The van der Waals surface area contributed by atoms with Crippen LogP contribution in [0.1, 0.15) is 21.8 Å². The van der Waals surface area contributed by atoms with Gasteiger partial charge >= 0.3 is 0 Å². The van der Waals surface area contributed by atoms with Crippen molar-refractivity contribution in [2.75, 3.05) is 18.0 Å². The molecule has 2 aromatic carbocycles. The number of aromatic nitrogens is 2. The predicted octanol–water partition coefficient (Wildman–Crippen LogP) is 2.69. The van der Waals surface area contributed by atoms with Gasteiger partial charge in [-0.15, -0.1) is 0 Å². The van der Waals surface area contributed by atoms with Gasteiger partial charge in [0, 0.05) is 12.6 Å². The van der Waals surface area contributed by atoms with Crippen LogP contribution in [0.15, 0.2) is 53.1 Å². The predicted molar refractivity (Wildman–Crippen MR) is 105 cm³/mol. The molecule has 9 heteroatoms. The molecule has 0 aliphatic heterocycles. The van der Waals surface area contributed by atoms with Gasteiger partial charge in [-0.2, -0.15) is 4.98 Å². The molecule has 0 saturated heterocycles. The molecule has 0 bridgehead atoms. The number of para-hydroxylation sites is 1. The van der Waals surface area contributed by atoms with Crippen LogP contribution in [0.2, 0.25) is 0 Å². The Morgan fingerprint density at radius 3 is 2.50 bits per heavy atom. The number of amides is 1. The van der Waals surface area contributed by atoms with Gasteiger partial charge in [0.2, 0.25) is 21.7 Å². The van der Waals surface area contributed by atoms with Crippen LogP contribution in [0.4, 0.5) is 5.69 Å². The monoisotopic (exact) mass is 400 g/mol. The Kier molecular flexibility index (Phi) is 5.46. The van der Waals surface area contributed by atoms with Gasteiger partial charge in [-0.05, 0) is 19.1 Å². The number of hydrogen-bond acceptors (Lipinski definition) is 6. The molecule has 0 aliphatic rings. The smallest absolute Gasteiger partial charge is 0.256 e. The molecule has 0 aliphatic carbocycles. The Bertz CT molecular complexity index is 1090. The zero-order chi connectivity index (χ0) is 20.3. The summed E-state index contributed by atoms with van der Waals surface area (Å²) in [6, 6.07) is 14.1. The SMILES string of the molecule is Cc1ccc(-c2noc(CN(C)C(=O)c3ccccc3NS(C)(=O)=O)n2)cc1. The largest absolute Gasteiger partial charge is 0.337 e. The number of hydrogen-bond donors (Lipinski definition) is 1. The first-order valence-corrected chi connectivity index (χ1v) is 10.3. The molecule has 1 N–H and O–H groups in total. The van der Waals surface area contributed by atoms with Crippen LogP contribution in [0.3, 0.4) is 0 Å². The maximum atomic E-state index is 12.8. The third-order valence-corrected chi connectivity index (χ3v) is 4.54. The van der Waals surface area contributed by atoms with Crippen LogP contribution in [-0.4, -0.2) is 42.7 Å². The maximum absolute atomic E-state index is 12.8. The lowest BCUT2D eigenvalue weighted by Gasteiger charge is -2.17. The molecule has 1 amide bonds. The Hall–Kier alpha value is -3.20. The van der Waals surface area contributed by atoms with Crippen molar-refractivity contribution in [2.45, 2.75) is 13.5 Å². The van der Waals surface area contributed by atoms with Crippen molar-refractivity contribution < 1.29 is 17.7 Å². The van der Waals surface area contributed by atoms with Gasteiger partial charge in [0.05, 0.1) is 24.1 Å². The summed E-state index contributed by atoms with van der Waals surface area (Å²) in [7, 11) is -1.93. The van der Waals surface area contributed by atoms with E-state index in [-0.39, 0.29) is 29.6 Å². The second-order valence-corrected chi connectivity index (χ2v) is 8.21. The van der Waals surface area contributed by atoms with Crippen LogP contribution >= 0.6 is 0 Å². The van der Waals surface area contributed by atoms with Gasteiger partial charge in [0.25, 0.3) is 5.91 Å². The summed E-state index contributed by atoms with van der Waals surface area (Å²) < 4.78 is 30.7. The highest BCUT2D eigenvalue weighted by molar-refractivity contribution is 7.92. The Morgan fingerprint density at radius 1 is 1.14 bits per heavy atom. The van der Waals surface area contributed by atoms with Gasteiger partial charge in [0.15, 0.2) is 0 Å². The van der Waals surface area contributed by atoms with Crippen LogP contribution in [-0.2, 0) is 16.6 Å². The Balaban J connectivity index is 1.76. The minimum Gasteiger partial charge on any atom is -0.337 e. The molecule has 3 rings (SSSR count). The van der Waals surface area contributed by atoms with Gasteiger partial charge in [-0.3, -0.25) is 9.52 Å². The molecule has 3 aromatic rings. The highest BCUT2D eigenvalue weighted by Gasteiger charge is 2.20. The zero-order valence-electron chi connectivity index (χ0n) is 15.7. The second-order valence-electron chi connectivity index (χ2n) is 6.46. The van der Waals surface area contributed by atoms with E-state index in [0.717, 1.165) is 17.4 Å². The van der Waals surface area contributed by atoms with E-state index >= 15 is 0 Å². The lowest BCUT2D eigenvalue weighted by molar-refractivity contribution is 0.0770. The average Bonchev–Trinajstić information content (AvgIpc) is 3.09. The molecule has 0 spiro atoms. The topological polar surface area (TPSA) is 105 Å². The van der Waals surface area contributed by atoms with Crippen molar-refractivity contribution >= 4 is 21.6 Å². The Labute approximate surface area is 163 Å². The highest BCUT2D eigenvalue weighted by Crippen LogP contribution is 2.20. The first kappa shape index (κ1) is 19.6. The van der Waals surface area contributed by atoms with E-state index in [1.54, 1.807) is 25.2 Å². The molecule has 8 nitrogen and oxygen atoms in total. The lowest BCUT2D eigenvalue weighted by atomic mass is 10.1. The summed E-state index contributed by atoms with van der Waals surface area (Å²) in [4.78, 5) is 18.5. The number of nitrogens with one attached hydrogen (secondary N) is 1. The normalized spacial score (nSPS) is 11.2. The van der Waals surface area contributed by atoms with E-state index in [2.05, 4.69) is 14.9 Å². The molecule has 0 atom stereocenters. The standard InChI is InChI=1S/C19H20N4O4S/c1-13-8-10-14(11-9-13)18-20-17(27-21-18)12-23(2)19(24)15-6-4-5-7-16(15)22-28(3,25)26/h4-11,22H,12H2,1-3H3. The van der Waals surface area contributed by atoms with Crippen LogP contribution < -0.4 is 4.72 Å². The third-order valence-electron chi connectivity index (χ3n) is 3.95. The van der Waals surface area contributed by atoms with E-state index in [1.165, 1.54) is 11.0 Å². The molecular formula is C19H20N4O4S. The van der Waals surface area contributed by atoms with Gasteiger partial charge in [-0.25, -0.2) is 8.42 Å². The minimum absolute atomic E-state index is 0.0882. The molecule has 1 heterocycles. The van der Waals surface area contributed by atoms with Crippen LogP contribution in [0, 0.1) is 6.92 Å².